The number of methoxy groups -OCH3 is 1. The molecule has 0 saturated carbocycles. The van der Waals surface area contributed by atoms with E-state index in [-0.39, 0.29) is 0 Å². The molecule has 0 aromatic heterocycles. The fourth-order valence-corrected chi connectivity index (χ4v) is 2.52. The molecule has 2 rings (SSSR count). The first-order valence-electron chi connectivity index (χ1n) is 6.35. The fraction of sp³-hybridized carbons (Fsp3) is 0.571. The lowest BCUT2D eigenvalue weighted by molar-refractivity contribution is 0.0743. The van der Waals surface area contributed by atoms with Crippen LogP contribution in [-0.4, -0.2) is 32.9 Å². The number of nitrogens with one attached hydrogen (secondary N) is 1. The molecule has 1 heterocycles. The van der Waals surface area contributed by atoms with Crippen molar-refractivity contribution in [1.29, 1.82) is 0 Å². The minimum atomic E-state index is 0.457. The van der Waals surface area contributed by atoms with Gasteiger partial charge in [0, 0.05) is 12.6 Å². The molecule has 1 aliphatic rings. The van der Waals surface area contributed by atoms with E-state index >= 15 is 0 Å². The van der Waals surface area contributed by atoms with Crippen molar-refractivity contribution in [3.05, 3.63) is 28.3 Å². The molecule has 1 aliphatic heterocycles. The van der Waals surface area contributed by atoms with Gasteiger partial charge in [0.15, 0.2) is 0 Å². The molecule has 1 unspecified atom stereocenters. The van der Waals surface area contributed by atoms with Crippen LogP contribution in [0.15, 0.2) is 12.1 Å². The molecule has 3 nitrogen and oxygen atoms in total. The van der Waals surface area contributed by atoms with Gasteiger partial charge in [-0.3, -0.25) is 0 Å². The Labute approximate surface area is 113 Å². The third-order valence-corrected chi connectivity index (χ3v) is 3.67. The molecule has 0 aliphatic carbocycles. The van der Waals surface area contributed by atoms with Crippen LogP contribution in [0.1, 0.15) is 17.5 Å². The Morgan fingerprint density at radius 2 is 2.33 bits per heavy atom. The van der Waals surface area contributed by atoms with Gasteiger partial charge < -0.3 is 14.8 Å². The molecule has 1 aromatic rings. The minimum absolute atomic E-state index is 0.457. The first-order chi connectivity index (χ1) is 8.70. The lowest BCUT2D eigenvalue weighted by Crippen LogP contribution is -2.41. The van der Waals surface area contributed by atoms with Crippen LogP contribution in [0, 0.1) is 6.92 Å². The van der Waals surface area contributed by atoms with Crippen molar-refractivity contribution in [3.8, 4) is 5.75 Å². The summed E-state index contributed by atoms with van der Waals surface area (Å²) >= 11 is 6.16. The summed E-state index contributed by atoms with van der Waals surface area (Å²) < 4.78 is 10.7. The van der Waals surface area contributed by atoms with Crippen LogP contribution < -0.4 is 10.1 Å². The van der Waals surface area contributed by atoms with Crippen LogP contribution in [0.4, 0.5) is 0 Å². The summed E-state index contributed by atoms with van der Waals surface area (Å²) in [5.74, 6) is 0.747. The summed E-state index contributed by atoms with van der Waals surface area (Å²) in [7, 11) is 1.64. The van der Waals surface area contributed by atoms with E-state index < -0.39 is 0 Å². The number of benzene rings is 1. The number of hydrogen-bond acceptors (Lipinski definition) is 3. The van der Waals surface area contributed by atoms with Crippen molar-refractivity contribution in [1.82, 2.24) is 5.32 Å². The van der Waals surface area contributed by atoms with Crippen molar-refractivity contribution in [3.63, 3.8) is 0 Å². The van der Waals surface area contributed by atoms with E-state index in [0.29, 0.717) is 11.1 Å². The number of halogens is 1. The maximum Gasteiger partial charge on any atom is 0.137 e. The maximum atomic E-state index is 6.16. The molecule has 4 heteroatoms. The molecule has 1 aromatic carbocycles. The van der Waals surface area contributed by atoms with Gasteiger partial charge in [-0.25, -0.2) is 0 Å². The average Bonchev–Trinajstić information content (AvgIpc) is 2.40. The van der Waals surface area contributed by atoms with Crippen molar-refractivity contribution in [2.75, 3.05) is 26.9 Å². The van der Waals surface area contributed by atoms with Gasteiger partial charge in [-0.15, -0.1) is 0 Å². The predicted molar refractivity (Wildman–Crippen MR) is 73.7 cm³/mol. The number of aryl methyl sites for hydroxylation is 2. The van der Waals surface area contributed by atoms with Gasteiger partial charge in [0.1, 0.15) is 5.75 Å². The van der Waals surface area contributed by atoms with Crippen molar-refractivity contribution >= 4 is 11.6 Å². The molecule has 1 atom stereocenters. The maximum absolute atomic E-state index is 6.16. The van der Waals surface area contributed by atoms with Crippen molar-refractivity contribution in [2.24, 2.45) is 0 Å². The zero-order chi connectivity index (χ0) is 13.0. The second kappa shape index (κ2) is 6.41. The molecule has 0 amide bonds. The number of morpholine rings is 1. The van der Waals surface area contributed by atoms with E-state index in [2.05, 4.69) is 12.2 Å². The molecule has 1 fully saturated rings. The standard InChI is InChI=1S/C14H20ClNO2/c1-10-7-14(17-2)13(15)8-11(10)3-4-12-9-18-6-5-16-12/h7-8,12,16H,3-6,9H2,1-2H3. The first-order valence-corrected chi connectivity index (χ1v) is 6.72. The highest BCUT2D eigenvalue weighted by Gasteiger charge is 2.14. The summed E-state index contributed by atoms with van der Waals surface area (Å²) in [5.41, 5.74) is 2.51. The first kappa shape index (κ1) is 13.7. The highest BCUT2D eigenvalue weighted by atomic mass is 35.5. The summed E-state index contributed by atoms with van der Waals surface area (Å²) in [4.78, 5) is 0. The van der Waals surface area contributed by atoms with Crippen LogP contribution >= 0.6 is 11.6 Å². The minimum Gasteiger partial charge on any atom is -0.495 e. The molecule has 1 saturated heterocycles. The zero-order valence-corrected chi connectivity index (χ0v) is 11.7. The molecule has 0 bridgehead atoms. The number of rotatable bonds is 4. The van der Waals surface area contributed by atoms with Crippen molar-refractivity contribution in [2.45, 2.75) is 25.8 Å². The Kier molecular flexibility index (Phi) is 4.87. The van der Waals surface area contributed by atoms with Gasteiger partial charge >= 0.3 is 0 Å². The number of hydrogen-bond donors (Lipinski definition) is 1. The number of ether oxygens (including phenoxy) is 2. The molecule has 1 N–H and O–H groups in total. The summed E-state index contributed by atoms with van der Waals surface area (Å²) in [6, 6.07) is 4.47. The highest BCUT2D eigenvalue weighted by Crippen LogP contribution is 2.28. The van der Waals surface area contributed by atoms with E-state index in [1.807, 2.05) is 12.1 Å². The molecular formula is C14H20ClNO2. The SMILES string of the molecule is COc1cc(C)c(CCC2COCCN2)cc1Cl. The second-order valence-electron chi connectivity index (χ2n) is 4.68. The third-order valence-electron chi connectivity index (χ3n) is 3.37. The summed E-state index contributed by atoms with van der Waals surface area (Å²) in [6.07, 6.45) is 2.08. The Morgan fingerprint density at radius 3 is 3.00 bits per heavy atom. The van der Waals surface area contributed by atoms with E-state index in [4.69, 9.17) is 21.1 Å². The Bertz CT molecular complexity index is 403. The molecular weight excluding hydrogens is 250 g/mol. The topological polar surface area (TPSA) is 30.5 Å². The van der Waals surface area contributed by atoms with Gasteiger partial charge in [0.25, 0.3) is 0 Å². The smallest absolute Gasteiger partial charge is 0.137 e. The van der Waals surface area contributed by atoms with Gasteiger partial charge in [0.2, 0.25) is 0 Å². The normalized spacial score (nSPS) is 19.8. The Morgan fingerprint density at radius 1 is 1.50 bits per heavy atom. The summed E-state index contributed by atoms with van der Waals surface area (Å²) in [5, 5.41) is 4.15. The lowest BCUT2D eigenvalue weighted by atomic mass is 10.0. The monoisotopic (exact) mass is 269 g/mol. The summed E-state index contributed by atoms with van der Waals surface area (Å²) in [6.45, 7) is 4.68. The quantitative estimate of drug-likeness (QED) is 0.911. The van der Waals surface area contributed by atoms with Crippen LogP contribution in [0.25, 0.3) is 0 Å². The van der Waals surface area contributed by atoms with Crippen LogP contribution in [0.5, 0.6) is 5.75 Å². The average molecular weight is 270 g/mol. The lowest BCUT2D eigenvalue weighted by Gasteiger charge is -2.24. The fourth-order valence-electron chi connectivity index (χ4n) is 2.26. The zero-order valence-electron chi connectivity index (χ0n) is 11.0. The molecule has 100 valence electrons. The van der Waals surface area contributed by atoms with Crippen LogP contribution in [0.3, 0.4) is 0 Å². The largest absolute Gasteiger partial charge is 0.495 e. The Hall–Kier alpha value is -0.770. The van der Waals surface area contributed by atoms with Crippen LogP contribution in [-0.2, 0) is 11.2 Å². The molecule has 18 heavy (non-hydrogen) atoms. The molecule has 0 spiro atoms. The van der Waals surface area contributed by atoms with Crippen LogP contribution in [0.2, 0.25) is 5.02 Å². The predicted octanol–water partition coefficient (Wildman–Crippen LogP) is 2.58. The highest BCUT2D eigenvalue weighted by molar-refractivity contribution is 6.32. The van der Waals surface area contributed by atoms with Gasteiger partial charge in [0.05, 0.1) is 25.3 Å². The van der Waals surface area contributed by atoms with Gasteiger partial charge in [-0.1, -0.05) is 11.6 Å². The Balaban J connectivity index is 1.98. The van der Waals surface area contributed by atoms with E-state index in [9.17, 15) is 0 Å². The molecule has 0 radical (unpaired) electrons. The third kappa shape index (κ3) is 3.37. The van der Waals surface area contributed by atoms with E-state index in [1.54, 1.807) is 7.11 Å². The van der Waals surface area contributed by atoms with Gasteiger partial charge in [-0.05, 0) is 43.0 Å². The van der Waals surface area contributed by atoms with E-state index in [1.165, 1.54) is 11.1 Å². The second-order valence-corrected chi connectivity index (χ2v) is 5.09. The van der Waals surface area contributed by atoms with Gasteiger partial charge in [-0.2, -0.15) is 0 Å². The van der Waals surface area contributed by atoms with E-state index in [0.717, 1.165) is 38.3 Å². The van der Waals surface area contributed by atoms with Crippen molar-refractivity contribution < 1.29 is 9.47 Å².